The van der Waals surface area contributed by atoms with E-state index in [9.17, 15) is 17.9 Å². The summed E-state index contributed by atoms with van der Waals surface area (Å²) in [6, 6.07) is 8.50. The van der Waals surface area contributed by atoms with Gasteiger partial charge in [-0.05, 0) is 32.4 Å². The predicted molar refractivity (Wildman–Crippen MR) is 145 cm³/mol. The standard InChI is InChI=1S/C24H30BN5O5S2/c1-14-12-19(35-4)15(2)16(3)22(14)37(33,34)30-24(26)27-11-7-9-18(28-13-25-32)21(31)23-29-17-8-5-6-10-20(17)36-23/h5-6,8,10,12,18,28H,7,9,11,13H2,1-4H3,(H3,26,27,30). The van der Waals surface area contributed by atoms with Crippen LogP contribution in [0.15, 0.2) is 40.2 Å². The number of hydrogen-bond acceptors (Lipinski definition) is 9. The van der Waals surface area contributed by atoms with E-state index in [0.717, 1.165) is 15.8 Å². The van der Waals surface area contributed by atoms with Gasteiger partial charge >= 0.3 is 171 Å². The van der Waals surface area contributed by atoms with Gasteiger partial charge in [0.25, 0.3) is 0 Å². The van der Waals surface area contributed by atoms with Crippen molar-refractivity contribution in [1.29, 1.82) is 0 Å². The van der Waals surface area contributed by atoms with Crippen molar-refractivity contribution in [3.8, 4) is 5.75 Å². The Balaban J connectivity index is 1.66. The summed E-state index contributed by atoms with van der Waals surface area (Å²) in [6.07, 6.45) is 0.809. The molecule has 0 aliphatic carbocycles. The molecule has 3 aromatic rings. The Morgan fingerprint density at radius 1 is 1.24 bits per heavy atom. The van der Waals surface area contributed by atoms with Crippen molar-refractivity contribution in [2.45, 2.75) is 44.6 Å². The van der Waals surface area contributed by atoms with Crippen LogP contribution in [-0.2, 0) is 14.7 Å². The van der Waals surface area contributed by atoms with E-state index in [1.165, 1.54) is 18.4 Å². The second-order valence-corrected chi connectivity index (χ2v) is 11.1. The number of nitrogens with one attached hydrogen (secondary N) is 2. The minimum Gasteiger partial charge on any atom is -0.0380 e. The van der Waals surface area contributed by atoms with Crippen molar-refractivity contribution in [1.82, 2.24) is 15.0 Å². The zero-order valence-corrected chi connectivity index (χ0v) is 22.8. The van der Waals surface area contributed by atoms with Crippen LogP contribution in [0.5, 0.6) is 5.75 Å². The number of thiazole rings is 1. The number of aromatic nitrogens is 1. The maximum absolute atomic E-state index is 13.0. The second-order valence-electron chi connectivity index (χ2n) is 8.47. The fraction of sp³-hybridized carbons (Fsp3) is 0.375. The number of aliphatic imine (C=N–C) groups is 1. The van der Waals surface area contributed by atoms with Gasteiger partial charge in [0.2, 0.25) is 0 Å². The van der Waals surface area contributed by atoms with Crippen molar-refractivity contribution >= 4 is 50.5 Å². The summed E-state index contributed by atoms with van der Waals surface area (Å²) < 4.78 is 45.4. The average molecular weight is 543 g/mol. The first-order valence-corrected chi connectivity index (χ1v) is 13.9. The molecule has 0 amide bonds. The van der Waals surface area contributed by atoms with Gasteiger partial charge in [-0.15, -0.1) is 0 Å². The van der Waals surface area contributed by atoms with Crippen LogP contribution in [0.3, 0.4) is 0 Å². The normalized spacial score (nSPS) is 12.8. The van der Waals surface area contributed by atoms with E-state index in [2.05, 4.69) is 20.0 Å². The first-order chi connectivity index (χ1) is 17.6. The number of carbonyl (C=O) groups excluding carboxylic acids is 1. The number of carbonyl (C=O) groups is 1. The van der Waals surface area contributed by atoms with E-state index in [1.807, 2.05) is 24.3 Å². The molecule has 4 N–H and O–H groups in total. The molecule has 1 aromatic heterocycles. The van der Waals surface area contributed by atoms with Crippen LogP contribution < -0.4 is 20.5 Å². The van der Waals surface area contributed by atoms with E-state index >= 15 is 0 Å². The predicted octanol–water partition coefficient (Wildman–Crippen LogP) is 2.45. The number of para-hydroxylation sites is 1. The smallest absolute Gasteiger partial charge is 0.0380 e. The molecule has 37 heavy (non-hydrogen) atoms. The summed E-state index contributed by atoms with van der Waals surface area (Å²) in [5.74, 6) is 0.150. The molecule has 0 fully saturated rings. The van der Waals surface area contributed by atoms with Gasteiger partial charge < -0.3 is 4.74 Å². The molecule has 0 bridgehead atoms. The molecular weight excluding hydrogens is 513 g/mol. The third kappa shape index (κ3) is 6.79. The number of methoxy groups -OCH3 is 1. The van der Waals surface area contributed by atoms with Gasteiger partial charge in [-0.1, -0.05) is 0 Å². The van der Waals surface area contributed by atoms with E-state index in [-0.39, 0.29) is 29.6 Å². The summed E-state index contributed by atoms with van der Waals surface area (Å²) in [4.78, 5) is 21.7. The molecule has 0 aliphatic heterocycles. The number of Topliss-reactive ketones (excluding diaryl/α,β-unsaturated/α-hetero) is 1. The third-order valence-corrected chi connectivity index (χ3v) is 8.60. The molecule has 1 heterocycles. The summed E-state index contributed by atoms with van der Waals surface area (Å²) in [5, 5.41) is 3.30. The molecule has 0 saturated carbocycles. The van der Waals surface area contributed by atoms with Crippen molar-refractivity contribution in [3.63, 3.8) is 0 Å². The Bertz CT molecular complexity index is 1410. The molecule has 13 heteroatoms. The summed E-state index contributed by atoms with van der Waals surface area (Å²) in [7, 11) is -1.75. The van der Waals surface area contributed by atoms with Gasteiger partial charge in [0.15, 0.2) is 0 Å². The number of fused-ring (bicyclic) bond motifs is 1. The number of hydrogen-bond donors (Lipinski definition) is 3. The van der Waals surface area contributed by atoms with Gasteiger partial charge in [-0.25, -0.2) is 0 Å². The van der Waals surface area contributed by atoms with Gasteiger partial charge in [0, 0.05) is 0 Å². The van der Waals surface area contributed by atoms with E-state index in [4.69, 9.17) is 10.5 Å². The summed E-state index contributed by atoms with van der Waals surface area (Å²) in [6.45, 7) is 5.36. The van der Waals surface area contributed by atoms with Crippen LogP contribution in [0.2, 0.25) is 0 Å². The van der Waals surface area contributed by atoms with Crippen LogP contribution >= 0.6 is 11.3 Å². The molecule has 0 saturated heterocycles. The average Bonchev–Trinajstić information content (AvgIpc) is 3.29. The molecule has 0 spiro atoms. The Labute approximate surface area is 221 Å². The Kier molecular flexibility index (Phi) is 9.52. The Morgan fingerprint density at radius 3 is 2.65 bits per heavy atom. The minimum atomic E-state index is -3.97. The fourth-order valence-electron chi connectivity index (χ4n) is 4.01. The van der Waals surface area contributed by atoms with Crippen LogP contribution in [-0.4, -0.2) is 58.4 Å². The summed E-state index contributed by atoms with van der Waals surface area (Å²) >= 11 is 1.30. The van der Waals surface area contributed by atoms with Gasteiger partial charge in [-0.3, -0.25) is 0 Å². The van der Waals surface area contributed by atoms with Crippen molar-refractivity contribution < 1.29 is 22.7 Å². The molecule has 2 aromatic carbocycles. The fourth-order valence-corrected chi connectivity index (χ4v) is 6.45. The van der Waals surface area contributed by atoms with Crippen LogP contribution in [0.1, 0.15) is 39.3 Å². The number of aryl methyl sites for hydroxylation is 1. The van der Waals surface area contributed by atoms with Crippen molar-refractivity contribution in [2.24, 2.45) is 10.7 Å². The monoisotopic (exact) mass is 543 g/mol. The SMILES string of the molecule is COc1cc(C)c(S(=O)(=O)NC(N)=NCCCC(NCB=O)C(=O)c2nc3ccccc3s2)c(C)c1C. The number of ketones is 1. The first kappa shape index (κ1) is 28.4. The van der Waals surface area contributed by atoms with E-state index in [0.29, 0.717) is 41.9 Å². The number of guanidine groups is 1. The zero-order chi connectivity index (χ0) is 27.2. The molecule has 3 rings (SSSR count). The number of sulfonamides is 1. The van der Waals surface area contributed by atoms with Crippen molar-refractivity contribution in [3.05, 3.63) is 52.0 Å². The van der Waals surface area contributed by atoms with Gasteiger partial charge in [-0.2, -0.15) is 0 Å². The molecule has 1 atom stereocenters. The quantitative estimate of drug-likeness (QED) is 0.104. The topological polar surface area (TPSA) is 153 Å². The number of nitrogens with zero attached hydrogens (tertiary/aromatic N) is 2. The number of rotatable bonds is 12. The second kappa shape index (κ2) is 12.4. The molecular formula is C24H30BN5O5S2. The molecule has 0 aliphatic rings. The van der Waals surface area contributed by atoms with Crippen LogP contribution in [0.4, 0.5) is 0 Å². The number of nitrogens with two attached hydrogens (primary N) is 1. The van der Waals surface area contributed by atoms with E-state index in [1.54, 1.807) is 26.8 Å². The summed E-state index contributed by atoms with van der Waals surface area (Å²) in [5.41, 5.74) is 8.43. The zero-order valence-electron chi connectivity index (χ0n) is 21.2. The van der Waals surface area contributed by atoms with E-state index < -0.39 is 16.1 Å². The maximum atomic E-state index is 13.0. The van der Waals surface area contributed by atoms with Crippen LogP contribution in [0.25, 0.3) is 10.2 Å². The number of ether oxygens (including phenoxy) is 1. The Morgan fingerprint density at radius 2 is 1.97 bits per heavy atom. The first-order valence-electron chi connectivity index (χ1n) is 11.6. The molecule has 10 nitrogen and oxygen atoms in total. The Hall–Kier alpha value is -3.16. The molecule has 0 radical (unpaired) electrons. The van der Waals surface area contributed by atoms with Crippen molar-refractivity contribution in [2.75, 3.05) is 20.1 Å². The number of benzene rings is 2. The van der Waals surface area contributed by atoms with Crippen LogP contribution in [0, 0.1) is 20.8 Å². The third-order valence-electron chi connectivity index (χ3n) is 5.91. The molecule has 1 unspecified atom stereocenters. The van der Waals surface area contributed by atoms with Gasteiger partial charge in [0.05, 0.1) is 7.11 Å². The minimum absolute atomic E-state index is 0.0203. The molecule has 196 valence electrons. The van der Waals surface area contributed by atoms with Gasteiger partial charge in [0.1, 0.15) is 5.75 Å².